The van der Waals surface area contributed by atoms with Crippen LogP contribution in [0, 0.1) is 22.9 Å². The molecule has 0 radical (unpaired) electrons. The fourth-order valence-electron chi connectivity index (χ4n) is 9.42. The van der Waals surface area contributed by atoms with Gasteiger partial charge in [0.05, 0.1) is 22.2 Å². The Bertz CT molecular complexity index is 1980. The van der Waals surface area contributed by atoms with Gasteiger partial charge in [0.15, 0.2) is 0 Å². The van der Waals surface area contributed by atoms with Crippen molar-refractivity contribution in [3.63, 3.8) is 0 Å². The predicted molar refractivity (Wildman–Crippen MR) is 215 cm³/mol. The lowest BCUT2D eigenvalue weighted by atomic mass is 9.80. The highest BCUT2D eigenvalue weighted by Gasteiger charge is 2.43. The summed E-state index contributed by atoms with van der Waals surface area (Å²) < 4.78 is 0. The minimum absolute atomic E-state index is 0.541. The quantitative estimate of drug-likeness (QED) is 0.101. The van der Waals surface area contributed by atoms with E-state index in [1.54, 1.807) is 0 Å². The van der Waals surface area contributed by atoms with Gasteiger partial charge in [-0.2, -0.15) is 0 Å². The van der Waals surface area contributed by atoms with Crippen LogP contribution >= 0.6 is 0 Å². The Balaban J connectivity index is 1.75. The number of nitrogens with zero attached hydrogens (tertiary/aromatic N) is 2. The van der Waals surface area contributed by atoms with E-state index in [1.165, 1.54) is 22.3 Å². The van der Waals surface area contributed by atoms with Gasteiger partial charge in [0, 0.05) is 10.8 Å². The zero-order valence-electron chi connectivity index (χ0n) is 31.1. The van der Waals surface area contributed by atoms with Crippen molar-refractivity contribution in [2.45, 2.75) is 116 Å². The number of benzene rings is 4. The Labute approximate surface area is 291 Å². The van der Waals surface area contributed by atoms with E-state index in [-0.39, 0.29) is 0 Å². The van der Waals surface area contributed by atoms with E-state index >= 15 is 0 Å². The molecule has 2 nitrogen and oxygen atoms in total. The summed E-state index contributed by atoms with van der Waals surface area (Å²) in [6.07, 6.45) is 0. The molecule has 0 aliphatic heterocycles. The molecule has 0 atom stereocenters. The predicted octanol–water partition coefficient (Wildman–Crippen LogP) is 12.7. The lowest BCUT2D eigenvalue weighted by Crippen LogP contribution is -2.43. The minimum Gasteiger partial charge on any atom is -0.243 e. The molecule has 5 aromatic rings. The molecular formula is C44H52N2Si2. The van der Waals surface area contributed by atoms with Crippen LogP contribution in [-0.2, 0) is 0 Å². The van der Waals surface area contributed by atoms with E-state index in [9.17, 15) is 0 Å². The van der Waals surface area contributed by atoms with Crippen LogP contribution in [0.1, 0.15) is 94.2 Å². The first-order chi connectivity index (χ1) is 22.7. The number of hydrogen-bond acceptors (Lipinski definition) is 2. The Morgan fingerprint density at radius 3 is 1.06 bits per heavy atom. The van der Waals surface area contributed by atoms with E-state index in [2.05, 4.69) is 167 Å². The highest BCUT2D eigenvalue weighted by molar-refractivity contribution is 6.91. The van der Waals surface area contributed by atoms with Crippen molar-refractivity contribution in [2.24, 2.45) is 0 Å². The van der Waals surface area contributed by atoms with E-state index < -0.39 is 16.1 Å². The highest BCUT2D eigenvalue weighted by atomic mass is 28.3. The van der Waals surface area contributed by atoms with Gasteiger partial charge in [-0.25, -0.2) is 9.97 Å². The first-order valence-electron chi connectivity index (χ1n) is 18.1. The molecule has 1 aliphatic rings. The largest absolute Gasteiger partial charge is 0.243 e. The third-order valence-electron chi connectivity index (χ3n) is 11.8. The molecule has 0 saturated heterocycles. The second-order valence-corrected chi connectivity index (χ2v) is 27.1. The molecule has 0 amide bonds. The second kappa shape index (κ2) is 12.6. The average molecular weight is 665 g/mol. The smallest absolute Gasteiger partial charge is 0.146 e. The summed E-state index contributed by atoms with van der Waals surface area (Å²) in [5, 5.41) is 2.27. The van der Waals surface area contributed by atoms with Crippen LogP contribution in [0.5, 0.6) is 0 Å². The normalized spacial score (nSPS) is 13.0. The van der Waals surface area contributed by atoms with Crippen LogP contribution in [-0.4, -0.2) is 26.1 Å². The van der Waals surface area contributed by atoms with Gasteiger partial charge in [0.2, 0.25) is 0 Å². The van der Waals surface area contributed by atoms with E-state index in [0.717, 1.165) is 44.0 Å². The lowest BCUT2D eigenvalue weighted by Gasteiger charge is -2.38. The molecule has 0 bridgehead atoms. The van der Waals surface area contributed by atoms with Gasteiger partial charge in [0.1, 0.15) is 27.2 Å². The molecule has 1 aromatic heterocycles. The van der Waals surface area contributed by atoms with Gasteiger partial charge in [-0.3, -0.25) is 0 Å². The molecule has 0 unspecified atom stereocenters. The lowest BCUT2D eigenvalue weighted by molar-refractivity contribution is 0.838. The molecule has 0 N–H and O–H groups in total. The highest BCUT2D eigenvalue weighted by Crippen LogP contribution is 2.48. The van der Waals surface area contributed by atoms with Crippen LogP contribution in [0.2, 0.25) is 33.2 Å². The van der Waals surface area contributed by atoms with Crippen LogP contribution in [0.4, 0.5) is 0 Å². The molecule has 4 heteroatoms. The Hall–Kier alpha value is -3.71. The molecule has 246 valence electrons. The molecule has 1 heterocycles. The number of fused-ring (bicyclic) bond motifs is 7. The summed E-state index contributed by atoms with van der Waals surface area (Å²) in [5.41, 5.74) is 22.0. The molecule has 1 aliphatic carbocycles. The SMILES string of the molecule is CC(C)[Si](C#Cc1c2ccccc2c(C#C[Si](C(C)C)(C(C)C)C(C)C)c2nc3cc4c(cc3nc12)-c1ccccc1-4)(C(C)C)C(C)C. The molecular weight excluding hydrogens is 613 g/mol. The van der Waals surface area contributed by atoms with E-state index in [0.29, 0.717) is 33.2 Å². The number of hydrogen-bond donors (Lipinski definition) is 0. The minimum atomic E-state index is -2.01. The van der Waals surface area contributed by atoms with Crippen molar-refractivity contribution in [3.8, 4) is 45.2 Å². The maximum atomic E-state index is 5.48. The van der Waals surface area contributed by atoms with Gasteiger partial charge in [-0.15, -0.1) is 11.1 Å². The van der Waals surface area contributed by atoms with Crippen LogP contribution < -0.4 is 0 Å². The van der Waals surface area contributed by atoms with Crippen LogP contribution in [0.3, 0.4) is 0 Å². The second-order valence-electron chi connectivity index (χ2n) is 15.9. The van der Waals surface area contributed by atoms with Gasteiger partial charge < -0.3 is 0 Å². The van der Waals surface area contributed by atoms with Gasteiger partial charge in [0.25, 0.3) is 0 Å². The summed E-state index contributed by atoms with van der Waals surface area (Å²) in [7, 11) is -4.02. The van der Waals surface area contributed by atoms with Crippen molar-refractivity contribution in [1.29, 1.82) is 0 Å². The summed E-state index contributed by atoms with van der Waals surface area (Å²) >= 11 is 0. The monoisotopic (exact) mass is 664 g/mol. The van der Waals surface area contributed by atoms with Crippen LogP contribution in [0.15, 0.2) is 60.7 Å². The first-order valence-corrected chi connectivity index (χ1v) is 22.6. The maximum absolute atomic E-state index is 5.48. The Kier molecular flexibility index (Phi) is 8.99. The van der Waals surface area contributed by atoms with E-state index in [1.807, 2.05) is 0 Å². The third kappa shape index (κ3) is 5.15. The van der Waals surface area contributed by atoms with Crippen molar-refractivity contribution in [3.05, 3.63) is 71.8 Å². The van der Waals surface area contributed by atoms with Gasteiger partial charge >= 0.3 is 0 Å². The van der Waals surface area contributed by atoms with Crippen molar-refractivity contribution in [2.75, 3.05) is 0 Å². The van der Waals surface area contributed by atoms with Gasteiger partial charge in [-0.05, 0) is 67.6 Å². The average Bonchev–Trinajstić information content (AvgIpc) is 3.02. The maximum Gasteiger partial charge on any atom is 0.146 e. The molecule has 0 saturated carbocycles. The fourth-order valence-corrected chi connectivity index (χ4v) is 19.8. The summed E-state index contributed by atoms with van der Waals surface area (Å²) in [5.74, 6) is 7.72. The summed E-state index contributed by atoms with van der Waals surface area (Å²) in [6, 6.07) is 21.8. The zero-order chi connectivity index (χ0) is 34.7. The molecule has 0 fully saturated rings. The summed E-state index contributed by atoms with van der Waals surface area (Å²) in [4.78, 5) is 11.0. The summed E-state index contributed by atoms with van der Waals surface area (Å²) in [6.45, 7) is 28.6. The van der Waals surface area contributed by atoms with E-state index in [4.69, 9.17) is 9.97 Å². The van der Waals surface area contributed by atoms with Crippen molar-refractivity contribution >= 4 is 49.0 Å². The fraction of sp³-hybridized carbons (Fsp3) is 0.409. The van der Waals surface area contributed by atoms with Crippen molar-refractivity contribution in [1.82, 2.24) is 9.97 Å². The third-order valence-corrected chi connectivity index (χ3v) is 24.4. The number of rotatable bonds is 6. The molecule has 48 heavy (non-hydrogen) atoms. The topological polar surface area (TPSA) is 25.8 Å². The zero-order valence-corrected chi connectivity index (χ0v) is 33.1. The van der Waals surface area contributed by atoms with Crippen LogP contribution in [0.25, 0.3) is 55.1 Å². The van der Waals surface area contributed by atoms with Crippen molar-refractivity contribution < 1.29 is 0 Å². The molecule has 4 aromatic carbocycles. The Morgan fingerprint density at radius 1 is 0.438 bits per heavy atom. The Morgan fingerprint density at radius 2 is 0.750 bits per heavy atom. The molecule has 6 rings (SSSR count). The first kappa shape index (κ1) is 34.2. The number of aromatic nitrogens is 2. The van der Waals surface area contributed by atoms with Gasteiger partial charge in [-0.1, -0.05) is 143 Å². The molecule has 0 spiro atoms. The standard InChI is InChI=1S/C44H52N2Si2/c1-27(2)47(28(3)4,29(5)6)23-21-37-33-17-13-14-18-34(33)38(22-24-48(30(7)8,31(9)10)32(11)12)44-43(37)45-41-25-39-35-19-15-16-20-36(35)40(39)26-42(41)46-44/h13-20,25-32H,1-12H3.